The van der Waals surface area contributed by atoms with Crippen molar-refractivity contribution in [3.05, 3.63) is 105 Å². The molecule has 3 aromatic rings. The zero-order valence-corrected chi connectivity index (χ0v) is 24.1. The number of nitrogens with zero attached hydrogens (tertiary/aromatic N) is 2. The molecule has 1 spiro atoms. The number of amides is 2. The molecule has 1 atom stereocenters. The highest BCUT2D eigenvalue weighted by molar-refractivity contribution is 6.34. The molecule has 6 nitrogen and oxygen atoms in total. The third kappa shape index (κ3) is 6.15. The van der Waals surface area contributed by atoms with Crippen LogP contribution in [0.2, 0.25) is 5.02 Å². The molecule has 3 aromatic carbocycles. The minimum atomic E-state index is -0.695. The lowest BCUT2D eigenvalue weighted by atomic mass is 9.76. The summed E-state index contributed by atoms with van der Waals surface area (Å²) in [5, 5.41) is 0.360. The summed E-state index contributed by atoms with van der Waals surface area (Å²) in [6, 6.07) is 18.6. The summed E-state index contributed by atoms with van der Waals surface area (Å²) in [5.41, 5.74) is 3.25. The number of aryl methyl sites for hydroxylation is 1. The number of esters is 1. The highest BCUT2D eigenvalue weighted by atomic mass is 35.5. The lowest BCUT2D eigenvalue weighted by Gasteiger charge is -2.39. The zero-order valence-electron chi connectivity index (χ0n) is 23.4. The maximum atomic E-state index is 13.7. The van der Waals surface area contributed by atoms with Crippen LogP contribution in [0.15, 0.2) is 66.7 Å². The number of hydrogen-bond donors (Lipinski definition) is 0. The first-order valence-electron chi connectivity index (χ1n) is 14.0. The monoisotopic (exact) mass is 576 g/mol. The molecule has 0 aliphatic carbocycles. The number of rotatable bonds is 6. The number of carbonyl (C=O) groups excluding carboxylic acids is 3. The molecule has 0 N–H and O–H groups in total. The molecule has 2 fully saturated rings. The predicted molar refractivity (Wildman–Crippen MR) is 155 cm³/mol. The van der Waals surface area contributed by atoms with Crippen LogP contribution in [-0.2, 0) is 16.0 Å². The minimum absolute atomic E-state index is 0.0551. The predicted octanol–water partition coefficient (Wildman–Crippen LogP) is 6.08. The molecule has 0 bridgehead atoms. The van der Waals surface area contributed by atoms with Crippen LogP contribution in [0.5, 0.6) is 0 Å². The van der Waals surface area contributed by atoms with Crippen LogP contribution in [0.1, 0.15) is 63.6 Å². The van der Waals surface area contributed by atoms with E-state index in [2.05, 4.69) is 0 Å². The van der Waals surface area contributed by atoms with Crippen molar-refractivity contribution in [3.8, 4) is 0 Å². The van der Waals surface area contributed by atoms with Crippen LogP contribution >= 0.6 is 11.6 Å². The number of piperidine rings is 1. The molecule has 2 saturated heterocycles. The molecule has 2 amide bonds. The van der Waals surface area contributed by atoms with E-state index in [1.54, 1.807) is 36.1 Å². The summed E-state index contributed by atoms with van der Waals surface area (Å²) < 4.78 is 19.0. The summed E-state index contributed by atoms with van der Waals surface area (Å²) in [5.74, 6) is -1.01. The van der Waals surface area contributed by atoms with Gasteiger partial charge in [-0.2, -0.15) is 0 Å². The highest BCUT2D eigenvalue weighted by Gasteiger charge is 2.51. The van der Waals surface area contributed by atoms with E-state index < -0.39 is 12.0 Å². The molecule has 1 unspecified atom stereocenters. The number of ether oxygens (including phenoxy) is 1. The van der Waals surface area contributed by atoms with Crippen molar-refractivity contribution in [3.63, 3.8) is 0 Å². The second kappa shape index (κ2) is 12.0. The van der Waals surface area contributed by atoms with Gasteiger partial charge in [-0.05, 0) is 92.0 Å². The van der Waals surface area contributed by atoms with Crippen LogP contribution in [-0.4, -0.2) is 59.9 Å². The molecule has 41 heavy (non-hydrogen) atoms. The Labute approximate surface area is 245 Å². The molecule has 2 aliphatic rings. The van der Waals surface area contributed by atoms with Crippen molar-refractivity contribution < 1.29 is 23.5 Å². The molecule has 2 aliphatic heterocycles. The fourth-order valence-corrected chi connectivity index (χ4v) is 6.49. The van der Waals surface area contributed by atoms with Gasteiger partial charge in [0.05, 0.1) is 17.2 Å². The first-order chi connectivity index (χ1) is 19.7. The fraction of sp³-hybridized carbons (Fsp3) is 0.364. The highest BCUT2D eigenvalue weighted by Crippen LogP contribution is 2.45. The summed E-state index contributed by atoms with van der Waals surface area (Å²) in [6.07, 6.45) is 2.37. The van der Waals surface area contributed by atoms with Gasteiger partial charge in [-0.15, -0.1) is 0 Å². The topological polar surface area (TPSA) is 66.9 Å². The molecule has 2 heterocycles. The van der Waals surface area contributed by atoms with Gasteiger partial charge in [0.1, 0.15) is 11.9 Å². The van der Waals surface area contributed by atoms with Crippen molar-refractivity contribution in [2.24, 2.45) is 5.41 Å². The molecule has 5 rings (SSSR count). The number of carbonyl (C=O) groups is 3. The molecule has 8 heteroatoms. The van der Waals surface area contributed by atoms with Crippen LogP contribution in [0.4, 0.5) is 4.39 Å². The lowest BCUT2D eigenvalue weighted by molar-refractivity contribution is -0.147. The van der Waals surface area contributed by atoms with Crippen LogP contribution in [0.3, 0.4) is 0 Å². The molecule has 0 saturated carbocycles. The summed E-state index contributed by atoms with van der Waals surface area (Å²) in [6.45, 7) is 5.28. The second-order valence-corrected chi connectivity index (χ2v) is 11.5. The number of halogens is 2. The first-order valence-corrected chi connectivity index (χ1v) is 14.4. The Morgan fingerprint density at radius 3 is 2.34 bits per heavy atom. The van der Waals surface area contributed by atoms with E-state index in [9.17, 15) is 18.8 Å². The van der Waals surface area contributed by atoms with Crippen molar-refractivity contribution in [2.75, 3.05) is 26.2 Å². The third-order valence-corrected chi connectivity index (χ3v) is 8.66. The van der Waals surface area contributed by atoms with Gasteiger partial charge in [-0.1, -0.05) is 48.0 Å². The number of hydrogen-bond acceptors (Lipinski definition) is 4. The largest absolute Gasteiger partial charge is 0.464 e. The Morgan fingerprint density at radius 1 is 0.976 bits per heavy atom. The van der Waals surface area contributed by atoms with Gasteiger partial charge in [0.15, 0.2) is 0 Å². The lowest BCUT2D eigenvalue weighted by Crippen LogP contribution is -2.45. The van der Waals surface area contributed by atoms with E-state index in [1.165, 1.54) is 12.1 Å². The van der Waals surface area contributed by atoms with Crippen molar-refractivity contribution in [2.45, 2.75) is 45.6 Å². The fourth-order valence-electron chi connectivity index (χ4n) is 6.19. The first kappa shape index (κ1) is 28.8. The van der Waals surface area contributed by atoms with E-state index in [4.69, 9.17) is 16.3 Å². The molecule has 0 radical (unpaired) electrons. The van der Waals surface area contributed by atoms with E-state index in [1.807, 2.05) is 42.2 Å². The quantitative estimate of drug-likeness (QED) is 0.334. The maximum Gasteiger partial charge on any atom is 0.328 e. The summed E-state index contributed by atoms with van der Waals surface area (Å²) >= 11 is 6.42. The van der Waals surface area contributed by atoms with E-state index in [0.29, 0.717) is 61.5 Å². The maximum absolute atomic E-state index is 13.7. The van der Waals surface area contributed by atoms with Crippen LogP contribution in [0, 0.1) is 18.2 Å². The Bertz CT molecular complexity index is 1450. The normalized spacial score (nSPS) is 18.0. The molecular weight excluding hydrogens is 543 g/mol. The van der Waals surface area contributed by atoms with Crippen molar-refractivity contribution in [1.29, 1.82) is 0 Å². The van der Waals surface area contributed by atoms with Crippen LogP contribution < -0.4 is 0 Å². The standard InChI is InChI=1S/C33H34ClFN2O4/c1-3-41-32(40)28-20-33(21-37(28)31(39)29-22(2)7-4-12-27(29)34)13-15-36(16-14-33)30(38)25-10-5-8-23(18-25)17-24-9-6-11-26(35)19-24/h4-12,18-19,28H,3,13-17,20-21H2,1-2H3. The Kier molecular flexibility index (Phi) is 8.45. The van der Waals surface area contributed by atoms with Gasteiger partial charge in [-0.3, -0.25) is 9.59 Å². The van der Waals surface area contributed by atoms with Gasteiger partial charge in [-0.25, -0.2) is 9.18 Å². The number of benzene rings is 3. The third-order valence-electron chi connectivity index (χ3n) is 8.35. The van der Waals surface area contributed by atoms with E-state index in [0.717, 1.165) is 16.7 Å². The SMILES string of the molecule is CCOC(=O)C1CC2(CCN(C(=O)c3cccc(Cc4cccc(F)c4)c3)CC2)CN1C(=O)c1c(C)cccc1Cl. The Balaban J connectivity index is 1.29. The van der Waals surface area contributed by atoms with E-state index in [-0.39, 0.29) is 29.7 Å². The average molecular weight is 577 g/mol. The minimum Gasteiger partial charge on any atom is -0.464 e. The smallest absolute Gasteiger partial charge is 0.328 e. The van der Waals surface area contributed by atoms with Gasteiger partial charge < -0.3 is 14.5 Å². The number of likely N-dealkylation sites (tertiary alicyclic amines) is 2. The summed E-state index contributed by atoms with van der Waals surface area (Å²) in [4.78, 5) is 43.6. The summed E-state index contributed by atoms with van der Waals surface area (Å²) in [7, 11) is 0. The van der Waals surface area contributed by atoms with Gasteiger partial charge in [0, 0.05) is 25.2 Å². The van der Waals surface area contributed by atoms with Crippen molar-refractivity contribution >= 4 is 29.4 Å². The van der Waals surface area contributed by atoms with Crippen LogP contribution in [0.25, 0.3) is 0 Å². The molecular formula is C33H34ClFN2O4. The average Bonchev–Trinajstić information content (AvgIpc) is 3.32. The van der Waals surface area contributed by atoms with Crippen molar-refractivity contribution in [1.82, 2.24) is 9.80 Å². The molecule has 0 aromatic heterocycles. The molecule has 214 valence electrons. The van der Waals surface area contributed by atoms with Gasteiger partial charge in [0.25, 0.3) is 11.8 Å². The van der Waals surface area contributed by atoms with Gasteiger partial charge >= 0.3 is 5.97 Å². The van der Waals surface area contributed by atoms with Gasteiger partial charge in [0.2, 0.25) is 0 Å². The van der Waals surface area contributed by atoms with E-state index >= 15 is 0 Å². The Hall–Kier alpha value is -3.71. The zero-order chi connectivity index (χ0) is 29.1. The Morgan fingerprint density at radius 2 is 1.66 bits per heavy atom. The second-order valence-electron chi connectivity index (χ2n) is 11.1.